The number of benzene rings is 2. The van der Waals surface area contributed by atoms with Gasteiger partial charge in [0.05, 0.1) is 22.9 Å². The lowest BCUT2D eigenvalue weighted by molar-refractivity contribution is 0.0378. The minimum atomic E-state index is -0.373. The Morgan fingerprint density at radius 2 is 1.71 bits per heavy atom. The molecule has 2 heterocycles. The number of carbonyl (C=O) groups excluding carboxylic acids is 1. The third-order valence-corrected chi connectivity index (χ3v) is 4.46. The second-order valence-electron chi connectivity index (χ2n) is 6.82. The highest BCUT2D eigenvalue weighted by Crippen LogP contribution is 2.32. The fraction of sp³-hybridized carbons (Fsp3) is 0.125. The van der Waals surface area contributed by atoms with E-state index in [1.54, 1.807) is 18.3 Å². The van der Waals surface area contributed by atoms with Crippen molar-refractivity contribution in [1.82, 2.24) is 9.97 Å². The first-order chi connectivity index (χ1) is 13.6. The minimum Gasteiger partial charge on any atom is -0.459 e. The first-order valence-corrected chi connectivity index (χ1v) is 9.24. The van der Waals surface area contributed by atoms with Gasteiger partial charge in [-0.05, 0) is 43.7 Å². The number of fused-ring (bicyclic) bond motifs is 1. The molecule has 0 bridgehead atoms. The van der Waals surface area contributed by atoms with Crippen molar-refractivity contribution in [1.29, 1.82) is 0 Å². The fourth-order valence-corrected chi connectivity index (χ4v) is 3.21. The van der Waals surface area contributed by atoms with Gasteiger partial charge < -0.3 is 4.74 Å². The molecule has 0 radical (unpaired) electrons. The first kappa shape index (κ1) is 17.9. The SMILES string of the molecule is CC(C)OC(=O)c1cccnc1-c1cccc2ncc(-c3ccccc3)cc12. The van der Waals surface area contributed by atoms with Crippen LogP contribution in [0.2, 0.25) is 0 Å². The molecular weight excluding hydrogens is 348 g/mol. The third-order valence-electron chi connectivity index (χ3n) is 4.46. The highest BCUT2D eigenvalue weighted by molar-refractivity contribution is 6.03. The van der Waals surface area contributed by atoms with Gasteiger partial charge in [0.2, 0.25) is 0 Å². The van der Waals surface area contributed by atoms with Gasteiger partial charge in [-0.3, -0.25) is 9.97 Å². The average Bonchev–Trinajstić information content (AvgIpc) is 2.73. The lowest BCUT2D eigenvalue weighted by atomic mass is 9.98. The summed E-state index contributed by atoms with van der Waals surface area (Å²) < 4.78 is 5.41. The van der Waals surface area contributed by atoms with Gasteiger partial charge >= 0.3 is 5.97 Å². The second-order valence-corrected chi connectivity index (χ2v) is 6.82. The molecule has 4 rings (SSSR count). The molecule has 0 amide bonds. The number of nitrogens with zero attached hydrogens (tertiary/aromatic N) is 2. The molecule has 0 spiro atoms. The molecule has 0 fully saturated rings. The molecule has 2 aromatic heterocycles. The Bertz CT molecular complexity index is 1140. The predicted octanol–water partition coefficient (Wildman–Crippen LogP) is 5.53. The van der Waals surface area contributed by atoms with Crippen molar-refractivity contribution in [3.63, 3.8) is 0 Å². The smallest absolute Gasteiger partial charge is 0.340 e. The van der Waals surface area contributed by atoms with Gasteiger partial charge in [0.25, 0.3) is 0 Å². The molecule has 4 aromatic rings. The van der Waals surface area contributed by atoms with E-state index in [2.05, 4.69) is 28.2 Å². The molecule has 0 aliphatic rings. The van der Waals surface area contributed by atoms with Crippen LogP contribution in [0.1, 0.15) is 24.2 Å². The van der Waals surface area contributed by atoms with Crippen molar-refractivity contribution in [2.75, 3.05) is 0 Å². The number of ether oxygens (including phenoxy) is 1. The molecule has 0 aliphatic heterocycles. The predicted molar refractivity (Wildman–Crippen MR) is 111 cm³/mol. The number of rotatable bonds is 4. The molecule has 0 N–H and O–H groups in total. The quantitative estimate of drug-likeness (QED) is 0.445. The molecule has 0 saturated carbocycles. The molecule has 2 aromatic carbocycles. The Morgan fingerprint density at radius 1 is 0.893 bits per heavy atom. The van der Waals surface area contributed by atoms with Gasteiger partial charge in [0, 0.05) is 28.9 Å². The molecule has 0 unspecified atom stereocenters. The summed E-state index contributed by atoms with van der Waals surface area (Å²) in [6.45, 7) is 3.67. The van der Waals surface area contributed by atoms with Crippen LogP contribution in [0.3, 0.4) is 0 Å². The average molecular weight is 368 g/mol. The normalized spacial score (nSPS) is 11.0. The zero-order chi connectivity index (χ0) is 19.5. The van der Waals surface area contributed by atoms with Crippen LogP contribution in [0.25, 0.3) is 33.3 Å². The topological polar surface area (TPSA) is 52.1 Å². The summed E-state index contributed by atoms with van der Waals surface area (Å²) in [5, 5.41) is 0.946. The van der Waals surface area contributed by atoms with Gasteiger partial charge in [0.15, 0.2) is 0 Å². The molecule has 0 aliphatic carbocycles. The van der Waals surface area contributed by atoms with E-state index in [0.29, 0.717) is 11.3 Å². The maximum atomic E-state index is 12.6. The van der Waals surface area contributed by atoms with Crippen LogP contribution in [0.15, 0.2) is 79.1 Å². The lowest BCUT2D eigenvalue weighted by Gasteiger charge is -2.13. The van der Waals surface area contributed by atoms with Crippen molar-refractivity contribution in [3.8, 4) is 22.4 Å². The van der Waals surface area contributed by atoms with Crippen LogP contribution in [0.4, 0.5) is 0 Å². The molecule has 4 nitrogen and oxygen atoms in total. The summed E-state index contributed by atoms with van der Waals surface area (Å²) in [5.41, 5.74) is 4.87. The van der Waals surface area contributed by atoms with Gasteiger partial charge in [-0.25, -0.2) is 4.79 Å². The number of aromatic nitrogens is 2. The molecule has 138 valence electrons. The number of esters is 1. The maximum absolute atomic E-state index is 12.6. The number of pyridine rings is 2. The second kappa shape index (κ2) is 7.61. The summed E-state index contributed by atoms with van der Waals surface area (Å²) in [6, 6.07) is 21.6. The summed E-state index contributed by atoms with van der Waals surface area (Å²) in [7, 11) is 0. The van der Waals surface area contributed by atoms with Crippen molar-refractivity contribution in [3.05, 3.63) is 84.7 Å². The van der Waals surface area contributed by atoms with E-state index in [1.807, 2.05) is 56.4 Å². The van der Waals surface area contributed by atoms with Crippen molar-refractivity contribution < 1.29 is 9.53 Å². The Balaban J connectivity index is 1.89. The van der Waals surface area contributed by atoms with E-state index in [1.165, 1.54) is 0 Å². The van der Waals surface area contributed by atoms with Crippen molar-refractivity contribution in [2.24, 2.45) is 0 Å². The highest BCUT2D eigenvalue weighted by atomic mass is 16.5. The molecule has 0 saturated heterocycles. The van der Waals surface area contributed by atoms with Gasteiger partial charge in [-0.2, -0.15) is 0 Å². The Labute approximate surface area is 163 Å². The van der Waals surface area contributed by atoms with E-state index in [9.17, 15) is 4.79 Å². The van der Waals surface area contributed by atoms with Crippen molar-refractivity contribution >= 4 is 16.9 Å². The van der Waals surface area contributed by atoms with Crippen LogP contribution < -0.4 is 0 Å². The first-order valence-electron chi connectivity index (χ1n) is 9.24. The maximum Gasteiger partial charge on any atom is 0.340 e. The zero-order valence-electron chi connectivity index (χ0n) is 15.8. The summed E-state index contributed by atoms with van der Waals surface area (Å²) >= 11 is 0. The summed E-state index contributed by atoms with van der Waals surface area (Å²) in [4.78, 5) is 21.7. The fourth-order valence-electron chi connectivity index (χ4n) is 3.21. The van der Waals surface area contributed by atoms with Crippen LogP contribution in [0, 0.1) is 0 Å². The van der Waals surface area contributed by atoms with E-state index in [0.717, 1.165) is 27.6 Å². The number of hydrogen-bond donors (Lipinski definition) is 0. The largest absolute Gasteiger partial charge is 0.459 e. The van der Waals surface area contributed by atoms with Crippen LogP contribution in [-0.4, -0.2) is 22.0 Å². The van der Waals surface area contributed by atoms with Crippen LogP contribution in [0.5, 0.6) is 0 Å². The third kappa shape index (κ3) is 3.49. The Hall–Kier alpha value is -3.53. The van der Waals surface area contributed by atoms with E-state index in [-0.39, 0.29) is 12.1 Å². The molecule has 0 atom stereocenters. The standard InChI is InChI=1S/C24H20N2O2/c1-16(2)28-24(27)20-11-7-13-25-23(20)19-10-6-12-22-21(19)14-18(15-26-22)17-8-4-3-5-9-17/h3-16H,1-2H3. The molecule has 28 heavy (non-hydrogen) atoms. The van der Waals surface area contributed by atoms with Crippen molar-refractivity contribution in [2.45, 2.75) is 20.0 Å². The van der Waals surface area contributed by atoms with Gasteiger partial charge in [-0.15, -0.1) is 0 Å². The summed E-state index contributed by atoms with van der Waals surface area (Å²) in [6.07, 6.45) is 3.36. The van der Waals surface area contributed by atoms with E-state index in [4.69, 9.17) is 4.74 Å². The number of carbonyl (C=O) groups is 1. The molecular formula is C24H20N2O2. The van der Waals surface area contributed by atoms with Gasteiger partial charge in [-0.1, -0.05) is 42.5 Å². The Morgan fingerprint density at radius 3 is 2.50 bits per heavy atom. The van der Waals surface area contributed by atoms with Crippen LogP contribution in [-0.2, 0) is 4.74 Å². The van der Waals surface area contributed by atoms with Gasteiger partial charge in [0.1, 0.15) is 0 Å². The molecule has 4 heteroatoms. The van der Waals surface area contributed by atoms with E-state index >= 15 is 0 Å². The monoisotopic (exact) mass is 368 g/mol. The zero-order valence-corrected chi connectivity index (χ0v) is 15.8. The summed E-state index contributed by atoms with van der Waals surface area (Å²) in [5.74, 6) is -0.373. The highest BCUT2D eigenvalue weighted by Gasteiger charge is 2.18. The van der Waals surface area contributed by atoms with E-state index < -0.39 is 0 Å². The lowest BCUT2D eigenvalue weighted by Crippen LogP contribution is -2.13. The minimum absolute atomic E-state index is 0.195. The Kier molecular flexibility index (Phi) is 4.85. The van der Waals surface area contributed by atoms with Crippen LogP contribution >= 0.6 is 0 Å². The number of hydrogen-bond acceptors (Lipinski definition) is 4.